The van der Waals surface area contributed by atoms with Gasteiger partial charge in [-0.25, -0.2) is 8.78 Å². The number of allylic oxidation sites excluding steroid dienone is 2. The van der Waals surface area contributed by atoms with Crippen molar-refractivity contribution in [3.8, 4) is 0 Å². The SMILES string of the molecule is C=C1C(O)=C(C)Nc2cc(F)cc(F)c21. The van der Waals surface area contributed by atoms with E-state index in [2.05, 4.69) is 11.9 Å². The summed E-state index contributed by atoms with van der Waals surface area (Å²) >= 11 is 0. The van der Waals surface area contributed by atoms with E-state index in [0.717, 1.165) is 6.07 Å². The van der Waals surface area contributed by atoms with Gasteiger partial charge in [0.05, 0.1) is 11.4 Å². The van der Waals surface area contributed by atoms with E-state index < -0.39 is 11.6 Å². The molecule has 0 amide bonds. The molecule has 0 spiro atoms. The lowest BCUT2D eigenvalue weighted by Gasteiger charge is -2.21. The molecule has 0 bridgehead atoms. The fourth-order valence-electron chi connectivity index (χ4n) is 1.58. The Bertz CT molecular complexity index is 492. The van der Waals surface area contributed by atoms with Crippen LogP contribution in [0.1, 0.15) is 12.5 Å². The van der Waals surface area contributed by atoms with Crippen LogP contribution in [-0.4, -0.2) is 5.11 Å². The number of hydrogen-bond donors (Lipinski definition) is 2. The van der Waals surface area contributed by atoms with Crippen LogP contribution in [0.2, 0.25) is 0 Å². The summed E-state index contributed by atoms with van der Waals surface area (Å²) in [6.07, 6.45) is 0. The van der Waals surface area contributed by atoms with E-state index in [1.165, 1.54) is 6.07 Å². The largest absolute Gasteiger partial charge is 0.506 e. The lowest BCUT2D eigenvalue weighted by molar-refractivity contribution is 0.429. The summed E-state index contributed by atoms with van der Waals surface area (Å²) in [5.41, 5.74) is 0.989. The van der Waals surface area contributed by atoms with Crippen molar-refractivity contribution < 1.29 is 13.9 Å². The van der Waals surface area contributed by atoms with E-state index in [0.29, 0.717) is 5.70 Å². The molecule has 1 aromatic carbocycles. The molecule has 2 N–H and O–H groups in total. The van der Waals surface area contributed by atoms with E-state index in [1.54, 1.807) is 6.92 Å². The van der Waals surface area contributed by atoms with Gasteiger partial charge >= 0.3 is 0 Å². The Hall–Kier alpha value is -1.84. The molecule has 1 aliphatic heterocycles. The number of aliphatic hydroxyl groups excluding tert-OH is 1. The zero-order chi connectivity index (χ0) is 11.2. The van der Waals surface area contributed by atoms with E-state index in [4.69, 9.17) is 0 Å². The lowest BCUT2D eigenvalue weighted by Crippen LogP contribution is -2.11. The Morgan fingerprint density at radius 2 is 2.00 bits per heavy atom. The molecule has 0 saturated heterocycles. The van der Waals surface area contributed by atoms with E-state index in [1.807, 2.05) is 0 Å². The zero-order valence-electron chi connectivity index (χ0n) is 8.06. The highest BCUT2D eigenvalue weighted by Gasteiger charge is 2.22. The molecule has 4 heteroatoms. The molecule has 2 nitrogen and oxygen atoms in total. The monoisotopic (exact) mass is 209 g/mol. The highest BCUT2D eigenvalue weighted by Crippen LogP contribution is 2.36. The highest BCUT2D eigenvalue weighted by molar-refractivity contribution is 5.87. The Labute approximate surface area is 85.5 Å². The maximum atomic E-state index is 13.4. The first-order valence-electron chi connectivity index (χ1n) is 4.36. The van der Waals surface area contributed by atoms with Crippen LogP contribution in [0.4, 0.5) is 14.5 Å². The fraction of sp³-hybridized carbons (Fsp3) is 0.0909. The number of nitrogens with one attached hydrogen (secondary N) is 1. The van der Waals surface area contributed by atoms with Gasteiger partial charge in [-0.3, -0.25) is 0 Å². The molecule has 15 heavy (non-hydrogen) atoms. The second-order valence-electron chi connectivity index (χ2n) is 3.39. The molecule has 78 valence electrons. The molecule has 0 atom stereocenters. The van der Waals surface area contributed by atoms with Crippen molar-refractivity contribution in [3.63, 3.8) is 0 Å². The third-order valence-electron chi connectivity index (χ3n) is 2.32. The van der Waals surface area contributed by atoms with Crippen LogP contribution >= 0.6 is 0 Å². The Balaban J connectivity index is 2.68. The second-order valence-corrected chi connectivity index (χ2v) is 3.39. The topological polar surface area (TPSA) is 32.3 Å². The Morgan fingerprint density at radius 1 is 1.33 bits per heavy atom. The average molecular weight is 209 g/mol. The number of rotatable bonds is 0. The molecule has 0 saturated carbocycles. The minimum Gasteiger partial charge on any atom is -0.506 e. The molecular formula is C11H9F2NO. The number of benzene rings is 1. The number of halogens is 2. The van der Waals surface area contributed by atoms with Gasteiger partial charge in [-0.1, -0.05) is 6.58 Å². The third kappa shape index (κ3) is 1.38. The zero-order valence-corrected chi connectivity index (χ0v) is 8.06. The van der Waals surface area contributed by atoms with Gasteiger partial charge in [0.25, 0.3) is 0 Å². The van der Waals surface area contributed by atoms with Crippen LogP contribution in [0.25, 0.3) is 5.57 Å². The van der Waals surface area contributed by atoms with Gasteiger partial charge in [-0.05, 0) is 13.0 Å². The van der Waals surface area contributed by atoms with Crippen molar-refractivity contribution in [2.75, 3.05) is 5.32 Å². The minimum absolute atomic E-state index is 0.104. The van der Waals surface area contributed by atoms with Crippen molar-refractivity contribution in [3.05, 3.63) is 47.4 Å². The van der Waals surface area contributed by atoms with Crippen LogP contribution in [0.3, 0.4) is 0 Å². The van der Waals surface area contributed by atoms with Gasteiger partial charge in [-0.15, -0.1) is 0 Å². The summed E-state index contributed by atoms with van der Waals surface area (Å²) in [7, 11) is 0. The standard InChI is InChI=1S/C11H9F2NO/c1-5-10-8(13)3-7(12)4-9(10)14-6(2)11(5)15/h3-4,14-15H,1H2,2H3. The smallest absolute Gasteiger partial charge is 0.141 e. The molecule has 0 radical (unpaired) electrons. The van der Waals surface area contributed by atoms with Crippen LogP contribution in [0.5, 0.6) is 0 Å². The molecular weight excluding hydrogens is 200 g/mol. The minimum atomic E-state index is -0.735. The highest BCUT2D eigenvalue weighted by atomic mass is 19.1. The molecule has 1 aromatic rings. The van der Waals surface area contributed by atoms with Gasteiger partial charge in [-0.2, -0.15) is 0 Å². The number of aliphatic hydroxyl groups is 1. The normalized spacial score (nSPS) is 15.0. The molecule has 0 fully saturated rings. The van der Waals surface area contributed by atoms with Crippen LogP contribution < -0.4 is 5.32 Å². The molecule has 0 aliphatic carbocycles. The predicted molar refractivity (Wildman–Crippen MR) is 54.3 cm³/mol. The Kier molecular flexibility index (Phi) is 2.00. The first-order chi connectivity index (χ1) is 7.00. The summed E-state index contributed by atoms with van der Waals surface area (Å²) in [4.78, 5) is 0. The van der Waals surface area contributed by atoms with E-state index >= 15 is 0 Å². The van der Waals surface area contributed by atoms with Gasteiger partial charge in [0.15, 0.2) is 0 Å². The van der Waals surface area contributed by atoms with Gasteiger partial charge < -0.3 is 10.4 Å². The summed E-state index contributed by atoms with van der Waals surface area (Å²) in [6, 6.07) is 1.93. The summed E-state index contributed by atoms with van der Waals surface area (Å²) < 4.78 is 26.3. The summed E-state index contributed by atoms with van der Waals surface area (Å²) in [5.74, 6) is -1.50. The number of hydrogen-bond acceptors (Lipinski definition) is 2. The molecule has 0 aromatic heterocycles. The maximum Gasteiger partial charge on any atom is 0.141 e. The number of fused-ring (bicyclic) bond motifs is 1. The van der Waals surface area contributed by atoms with Gasteiger partial charge in [0, 0.05) is 17.2 Å². The summed E-state index contributed by atoms with van der Waals surface area (Å²) in [5, 5.41) is 12.3. The van der Waals surface area contributed by atoms with E-state index in [-0.39, 0.29) is 22.6 Å². The molecule has 2 rings (SSSR count). The summed E-state index contributed by atoms with van der Waals surface area (Å²) in [6.45, 7) is 5.17. The van der Waals surface area contributed by atoms with Crippen molar-refractivity contribution in [2.24, 2.45) is 0 Å². The quantitative estimate of drug-likeness (QED) is 0.687. The fourth-order valence-corrected chi connectivity index (χ4v) is 1.58. The van der Waals surface area contributed by atoms with Crippen molar-refractivity contribution in [2.45, 2.75) is 6.92 Å². The van der Waals surface area contributed by atoms with E-state index in [9.17, 15) is 13.9 Å². The Morgan fingerprint density at radius 3 is 2.67 bits per heavy atom. The molecule has 1 aliphatic rings. The van der Waals surface area contributed by atoms with Crippen molar-refractivity contribution in [1.82, 2.24) is 0 Å². The second kappa shape index (κ2) is 3.08. The van der Waals surface area contributed by atoms with Crippen LogP contribution in [0.15, 0.2) is 30.2 Å². The van der Waals surface area contributed by atoms with Crippen molar-refractivity contribution >= 4 is 11.3 Å². The van der Waals surface area contributed by atoms with Crippen molar-refractivity contribution in [1.29, 1.82) is 0 Å². The van der Waals surface area contributed by atoms with Crippen LogP contribution in [0, 0.1) is 11.6 Å². The lowest BCUT2D eigenvalue weighted by atomic mass is 9.98. The third-order valence-corrected chi connectivity index (χ3v) is 2.32. The first kappa shape index (κ1) is 9.71. The maximum absolute atomic E-state index is 13.4. The average Bonchev–Trinajstić information content (AvgIpc) is 2.13. The first-order valence-corrected chi connectivity index (χ1v) is 4.36. The molecule has 0 unspecified atom stereocenters. The van der Waals surface area contributed by atoms with Crippen LogP contribution in [-0.2, 0) is 0 Å². The van der Waals surface area contributed by atoms with Gasteiger partial charge in [0.2, 0.25) is 0 Å². The predicted octanol–water partition coefficient (Wildman–Crippen LogP) is 3.19. The molecule has 1 heterocycles. The van der Waals surface area contributed by atoms with Gasteiger partial charge in [0.1, 0.15) is 17.4 Å². The number of anilines is 1.